The highest BCUT2D eigenvalue weighted by atomic mass is 35.5. The van der Waals surface area contributed by atoms with Gasteiger partial charge in [-0.1, -0.05) is 6.07 Å². The summed E-state index contributed by atoms with van der Waals surface area (Å²) in [5.41, 5.74) is 4.10. The number of aryl methyl sites for hydroxylation is 1. The van der Waals surface area contributed by atoms with Crippen molar-refractivity contribution in [3.8, 4) is 0 Å². The molecule has 1 aliphatic rings. The molecule has 35 heavy (non-hydrogen) atoms. The summed E-state index contributed by atoms with van der Waals surface area (Å²) in [5.74, 6) is 0.791. The molecule has 3 N–H and O–H groups in total. The summed E-state index contributed by atoms with van der Waals surface area (Å²) in [5, 5.41) is 15.4. The van der Waals surface area contributed by atoms with E-state index in [-0.39, 0.29) is 18.5 Å². The zero-order chi connectivity index (χ0) is 22.9. The average molecular weight is 508 g/mol. The van der Waals surface area contributed by atoms with Crippen LogP contribution in [0.25, 0.3) is 21.1 Å². The maximum atomic E-state index is 12.3. The van der Waals surface area contributed by atoms with Crippen molar-refractivity contribution in [2.75, 3.05) is 5.32 Å². The van der Waals surface area contributed by atoms with Crippen LogP contribution >= 0.6 is 23.7 Å². The van der Waals surface area contributed by atoms with Crippen LogP contribution in [0.15, 0.2) is 55.2 Å². The van der Waals surface area contributed by atoms with Gasteiger partial charge in [0.05, 0.1) is 17.1 Å². The fraction of sp³-hybridized carbons (Fsp3) is 0.208. The SMILES string of the molecule is Cl.O=C(NCc1cccnc1)OC1CCc2c(sc3ncnc(Nc4ccc5[nH]ncc5c4)c23)C1. The predicted molar refractivity (Wildman–Crippen MR) is 137 cm³/mol. The molecule has 178 valence electrons. The van der Waals surface area contributed by atoms with E-state index in [1.54, 1.807) is 36.3 Å². The second-order valence-electron chi connectivity index (χ2n) is 8.19. The minimum atomic E-state index is -0.407. The molecule has 0 saturated heterocycles. The Morgan fingerprint density at radius 3 is 3.06 bits per heavy atom. The Hall–Kier alpha value is -3.76. The lowest BCUT2D eigenvalue weighted by atomic mass is 9.94. The first-order valence-corrected chi connectivity index (χ1v) is 11.8. The first kappa shape index (κ1) is 23.0. The van der Waals surface area contributed by atoms with Gasteiger partial charge in [0.1, 0.15) is 23.1 Å². The van der Waals surface area contributed by atoms with E-state index in [1.165, 1.54) is 10.4 Å². The Morgan fingerprint density at radius 1 is 1.23 bits per heavy atom. The number of anilines is 2. The third kappa shape index (κ3) is 4.75. The van der Waals surface area contributed by atoms with Gasteiger partial charge in [-0.15, -0.1) is 23.7 Å². The molecule has 4 heterocycles. The standard InChI is InChI=1S/C24H21N7O2S.ClH/c32-24(26-11-14-2-1-7-25-10-14)33-17-4-5-18-20(9-17)34-23-21(18)22(27-13-28-23)30-16-3-6-19-15(8-16)12-29-31-19;/h1-3,6-8,10,12-13,17H,4-5,9,11H2,(H,26,32)(H,29,31)(H,27,28,30);1H. The number of carbonyl (C=O) groups excluding carboxylic acids is 1. The monoisotopic (exact) mass is 507 g/mol. The predicted octanol–water partition coefficient (Wildman–Crippen LogP) is 4.91. The molecule has 0 spiro atoms. The van der Waals surface area contributed by atoms with E-state index in [2.05, 4.69) is 35.8 Å². The van der Waals surface area contributed by atoms with Crippen molar-refractivity contribution in [3.05, 3.63) is 71.3 Å². The lowest BCUT2D eigenvalue weighted by Gasteiger charge is -2.22. The van der Waals surface area contributed by atoms with Crippen LogP contribution in [0.3, 0.4) is 0 Å². The second kappa shape index (κ2) is 9.85. The van der Waals surface area contributed by atoms with Crippen molar-refractivity contribution in [2.45, 2.75) is 31.9 Å². The number of aromatic amines is 1. The molecule has 1 aromatic carbocycles. The number of halogens is 1. The Morgan fingerprint density at radius 2 is 2.17 bits per heavy atom. The number of ether oxygens (including phenoxy) is 1. The summed E-state index contributed by atoms with van der Waals surface area (Å²) in [4.78, 5) is 27.5. The van der Waals surface area contributed by atoms with Crippen molar-refractivity contribution in [2.24, 2.45) is 0 Å². The first-order valence-electron chi connectivity index (χ1n) is 11.0. The first-order chi connectivity index (χ1) is 16.7. The number of hydrogen-bond donors (Lipinski definition) is 3. The van der Waals surface area contributed by atoms with Gasteiger partial charge in [0.15, 0.2) is 0 Å². The summed E-state index contributed by atoms with van der Waals surface area (Å²) in [6.07, 6.45) is 8.49. The number of hydrogen-bond acceptors (Lipinski definition) is 8. The number of rotatable bonds is 5. The highest BCUT2D eigenvalue weighted by Gasteiger charge is 2.27. The van der Waals surface area contributed by atoms with Gasteiger partial charge in [-0.05, 0) is 48.2 Å². The second-order valence-corrected chi connectivity index (χ2v) is 9.27. The van der Waals surface area contributed by atoms with Crippen molar-refractivity contribution in [1.82, 2.24) is 30.5 Å². The average Bonchev–Trinajstić information content (AvgIpc) is 3.47. The third-order valence-electron chi connectivity index (χ3n) is 5.94. The fourth-order valence-electron chi connectivity index (χ4n) is 4.30. The van der Waals surface area contributed by atoms with Crippen molar-refractivity contribution >= 4 is 62.5 Å². The Bertz CT molecular complexity index is 1490. The van der Waals surface area contributed by atoms with Crippen molar-refractivity contribution < 1.29 is 9.53 Å². The quantitative estimate of drug-likeness (QED) is 0.309. The topological polar surface area (TPSA) is 118 Å². The molecular formula is C24H22ClN7O2S. The van der Waals surface area contributed by atoms with Gasteiger partial charge >= 0.3 is 6.09 Å². The molecule has 6 rings (SSSR count). The zero-order valence-electron chi connectivity index (χ0n) is 18.5. The van der Waals surface area contributed by atoms with Crippen LogP contribution in [-0.4, -0.2) is 37.3 Å². The molecule has 1 aliphatic carbocycles. The number of fused-ring (bicyclic) bond motifs is 4. The van der Waals surface area contributed by atoms with Crippen LogP contribution in [0.5, 0.6) is 0 Å². The largest absolute Gasteiger partial charge is 0.446 e. The van der Waals surface area contributed by atoms with Gasteiger partial charge < -0.3 is 15.4 Å². The minimum Gasteiger partial charge on any atom is -0.446 e. The molecule has 1 atom stereocenters. The maximum absolute atomic E-state index is 12.3. The lowest BCUT2D eigenvalue weighted by molar-refractivity contribution is 0.0899. The van der Waals surface area contributed by atoms with E-state index in [9.17, 15) is 4.79 Å². The number of benzene rings is 1. The van der Waals surface area contributed by atoms with Gasteiger partial charge in [0, 0.05) is 41.3 Å². The number of alkyl carbamates (subject to hydrolysis) is 1. The number of carbonyl (C=O) groups is 1. The van der Waals surface area contributed by atoms with E-state index in [0.29, 0.717) is 13.0 Å². The Balaban J connectivity index is 0.00000253. The van der Waals surface area contributed by atoms with Crippen LogP contribution < -0.4 is 10.6 Å². The van der Waals surface area contributed by atoms with E-state index < -0.39 is 6.09 Å². The van der Waals surface area contributed by atoms with Gasteiger partial charge in [0.25, 0.3) is 0 Å². The van der Waals surface area contributed by atoms with Crippen molar-refractivity contribution in [3.63, 3.8) is 0 Å². The molecule has 1 amide bonds. The summed E-state index contributed by atoms with van der Waals surface area (Å²) in [6, 6.07) is 9.79. The molecule has 5 aromatic rings. The molecule has 4 aromatic heterocycles. The molecule has 0 fully saturated rings. The summed E-state index contributed by atoms with van der Waals surface area (Å²) in [7, 11) is 0. The van der Waals surface area contributed by atoms with Gasteiger partial charge in [-0.25, -0.2) is 14.8 Å². The molecule has 1 unspecified atom stereocenters. The summed E-state index contributed by atoms with van der Waals surface area (Å²) in [6.45, 7) is 0.392. The number of nitrogens with zero attached hydrogens (tertiary/aromatic N) is 4. The van der Waals surface area contributed by atoms with E-state index >= 15 is 0 Å². The van der Waals surface area contributed by atoms with Crippen LogP contribution in [-0.2, 0) is 24.1 Å². The highest BCUT2D eigenvalue weighted by Crippen LogP contribution is 2.39. The maximum Gasteiger partial charge on any atom is 0.407 e. The minimum absolute atomic E-state index is 0. The lowest BCUT2D eigenvalue weighted by Crippen LogP contribution is -2.31. The molecule has 0 aliphatic heterocycles. The molecule has 9 nitrogen and oxygen atoms in total. The fourth-order valence-corrected chi connectivity index (χ4v) is 5.55. The van der Waals surface area contributed by atoms with Gasteiger partial charge in [-0.3, -0.25) is 10.1 Å². The summed E-state index contributed by atoms with van der Waals surface area (Å²) < 4.78 is 5.70. The highest BCUT2D eigenvalue weighted by molar-refractivity contribution is 7.19. The summed E-state index contributed by atoms with van der Waals surface area (Å²) >= 11 is 1.64. The molecule has 0 radical (unpaired) electrons. The molecule has 0 bridgehead atoms. The molecule has 0 saturated carbocycles. The number of aromatic nitrogens is 5. The number of H-pyrrole nitrogens is 1. The van der Waals surface area contributed by atoms with Crippen LogP contribution in [0, 0.1) is 0 Å². The van der Waals surface area contributed by atoms with E-state index in [0.717, 1.165) is 51.0 Å². The smallest absolute Gasteiger partial charge is 0.407 e. The van der Waals surface area contributed by atoms with Gasteiger partial charge in [0.2, 0.25) is 0 Å². The normalized spacial score (nSPS) is 14.8. The zero-order valence-corrected chi connectivity index (χ0v) is 20.2. The Labute approximate surface area is 210 Å². The number of nitrogens with one attached hydrogen (secondary N) is 3. The third-order valence-corrected chi connectivity index (χ3v) is 7.10. The van der Waals surface area contributed by atoms with Crippen LogP contribution in [0.1, 0.15) is 22.4 Å². The number of amides is 1. The number of pyridine rings is 1. The van der Waals surface area contributed by atoms with E-state index in [4.69, 9.17) is 4.74 Å². The van der Waals surface area contributed by atoms with Crippen molar-refractivity contribution in [1.29, 1.82) is 0 Å². The number of thiophene rings is 1. The van der Waals surface area contributed by atoms with Crippen LogP contribution in [0.4, 0.5) is 16.3 Å². The van der Waals surface area contributed by atoms with Gasteiger partial charge in [-0.2, -0.15) is 5.10 Å². The van der Waals surface area contributed by atoms with E-state index in [1.807, 2.05) is 30.3 Å². The molecular weight excluding hydrogens is 486 g/mol. The molecule has 11 heteroatoms. The Kier molecular flexibility index (Phi) is 6.47. The van der Waals surface area contributed by atoms with Crippen LogP contribution in [0.2, 0.25) is 0 Å².